The van der Waals surface area contributed by atoms with Crippen molar-refractivity contribution < 1.29 is 28.4 Å². The van der Waals surface area contributed by atoms with Gasteiger partial charge < -0.3 is 18.8 Å². The average Bonchev–Trinajstić information content (AvgIpc) is 2.99. The van der Waals surface area contributed by atoms with Crippen LogP contribution in [0.5, 0.6) is 0 Å². The third-order valence-electron chi connectivity index (χ3n) is 3.61. The average molecular weight is 362 g/mol. The van der Waals surface area contributed by atoms with E-state index < -0.39 is 16.9 Å². The summed E-state index contributed by atoms with van der Waals surface area (Å²) in [6.07, 6.45) is 0. The van der Waals surface area contributed by atoms with E-state index in [2.05, 4.69) is 4.74 Å². The van der Waals surface area contributed by atoms with Gasteiger partial charge in [0, 0.05) is 26.2 Å². The Bertz CT molecular complexity index is 855. The Labute approximate surface area is 149 Å². The molecular weight excluding hydrogens is 344 g/mol. The minimum atomic E-state index is -0.744. The van der Waals surface area contributed by atoms with Crippen molar-refractivity contribution >= 4 is 23.3 Å². The summed E-state index contributed by atoms with van der Waals surface area (Å²) in [5, 5.41) is 10.9. The van der Waals surface area contributed by atoms with Gasteiger partial charge >= 0.3 is 11.9 Å². The van der Waals surface area contributed by atoms with E-state index in [0.717, 1.165) is 6.07 Å². The minimum absolute atomic E-state index is 0.0562. The normalized spacial score (nSPS) is 10.3. The molecule has 0 N–H and O–H groups in total. The number of hydrogen-bond acceptors (Lipinski definition) is 8. The lowest BCUT2D eigenvalue weighted by Gasteiger charge is -2.16. The number of furan rings is 1. The zero-order chi connectivity index (χ0) is 19.4. The summed E-state index contributed by atoms with van der Waals surface area (Å²) < 4.78 is 15.2. The molecule has 9 heteroatoms. The fraction of sp³-hybridized carbons (Fsp3) is 0.294. The number of methoxy groups -OCH3 is 1. The van der Waals surface area contributed by atoms with Crippen molar-refractivity contribution in [2.24, 2.45) is 0 Å². The molecule has 26 heavy (non-hydrogen) atoms. The monoisotopic (exact) mass is 362 g/mol. The highest BCUT2D eigenvalue weighted by molar-refractivity contribution is 5.96. The van der Waals surface area contributed by atoms with Crippen LogP contribution in [0.25, 0.3) is 0 Å². The fourth-order valence-corrected chi connectivity index (χ4v) is 2.33. The summed E-state index contributed by atoms with van der Waals surface area (Å²) in [7, 11) is 4.66. The Morgan fingerprint density at radius 3 is 2.46 bits per heavy atom. The molecule has 0 fully saturated rings. The first kappa shape index (κ1) is 19.0. The molecule has 0 aliphatic heterocycles. The fourth-order valence-electron chi connectivity index (χ4n) is 2.33. The number of nitro groups is 1. The Morgan fingerprint density at radius 2 is 1.88 bits per heavy atom. The van der Waals surface area contributed by atoms with Crippen molar-refractivity contribution in [3.63, 3.8) is 0 Å². The largest absolute Gasteiger partial charge is 0.465 e. The zero-order valence-electron chi connectivity index (χ0n) is 14.8. The van der Waals surface area contributed by atoms with Crippen molar-refractivity contribution in [1.29, 1.82) is 0 Å². The van der Waals surface area contributed by atoms with Gasteiger partial charge in [0.2, 0.25) is 0 Å². The van der Waals surface area contributed by atoms with Crippen LogP contribution in [-0.2, 0) is 16.1 Å². The third-order valence-corrected chi connectivity index (χ3v) is 3.61. The number of carbonyl (C=O) groups excluding carboxylic acids is 2. The first-order valence-corrected chi connectivity index (χ1v) is 7.55. The number of rotatable bonds is 6. The zero-order valence-corrected chi connectivity index (χ0v) is 14.8. The van der Waals surface area contributed by atoms with E-state index in [4.69, 9.17) is 9.15 Å². The standard InChI is InChI=1S/C17H18N2O7/c1-10-13(16(20)24-4)8-12(26-10)9-25-17(21)14-7-11(19(22)23)5-6-15(14)18(2)3/h5-8H,9H2,1-4H3. The lowest BCUT2D eigenvalue weighted by Crippen LogP contribution is -2.15. The topological polar surface area (TPSA) is 112 Å². The molecule has 0 amide bonds. The van der Waals surface area contributed by atoms with Gasteiger partial charge in [0.05, 0.1) is 23.3 Å². The number of aryl methyl sites for hydroxylation is 1. The lowest BCUT2D eigenvalue weighted by molar-refractivity contribution is -0.384. The second-order valence-electron chi connectivity index (χ2n) is 5.60. The molecule has 1 heterocycles. The maximum absolute atomic E-state index is 12.4. The summed E-state index contributed by atoms with van der Waals surface area (Å²) in [4.78, 5) is 36.0. The van der Waals surface area contributed by atoms with Gasteiger partial charge in [-0.05, 0) is 19.1 Å². The first-order valence-electron chi connectivity index (χ1n) is 7.55. The SMILES string of the molecule is COC(=O)c1cc(COC(=O)c2cc([N+](=O)[O-])ccc2N(C)C)oc1C. The Morgan fingerprint density at radius 1 is 1.19 bits per heavy atom. The predicted octanol–water partition coefficient (Wildman–Crippen LogP) is 2.71. The van der Waals surface area contributed by atoms with Gasteiger partial charge in [-0.1, -0.05) is 0 Å². The van der Waals surface area contributed by atoms with E-state index in [-0.39, 0.29) is 29.2 Å². The number of nitrogens with zero attached hydrogens (tertiary/aromatic N) is 2. The second kappa shape index (κ2) is 7.68. The molecule has 2 aromatic rings. The lowest BCUT2D eigenvalue weighted by atomic mass is 10.1. The highest BCUT2D eigenvalue weighted by atomic mass is 16.6. The first-order chi connectivity index (χ1) is 12.2. The Kier molecular flexibility index (Phi) is 5.61. The van der Waals surface area contributed by atoms with Crippen LogP contribution >= 0.6 is 0 Å². The molecule has 2 rings (SSSR count). The molecule has 0 aliphatic carbocycles. The van der Waals surface area contributed by atoms with Crippen LogP contribution in [-0.4, -0.2) is 38.1 Å². The molecule has 1 aromatic carbocycles. The molecule has 0 saturated heterocycles. The van der Waals surface area contributed by atoms with Crippen LogP contribution in [0.1, 0.15) is 32.2 Å². The van der Waals surface area contributed by atoms with Gasteiger partial charge in [0.1, 0.15) is 23.7 Å². The van der Waals surface area contributed by atoms with Gasteiger partial charge in [0.25, 0.3) is 5.69 Å². The number of non-ortho nitro benzene ring substituents is 1. The maximum Gasteiger partial charge on any atom is 0.341 e. The Balaban J connectivity index is 2.21. The third kappa shape index (κ3) is 4.00. The molecule has 0 saturated carbocycles. The van der Waals surface area contributed by atoms with Crippen molar-refractivity contribution in [2.75, 3.05) is 26.1 Å². The summed E-state index contributed by atoms with van der Waals surface area (Å²) >= 11 is 0. The number of nitro benzene ring substituents is 1. The van der Waals surface area contributed by atoms with E-state index in [1.807, 2.05) is 0 Å². The smallest absolute Gasteiger partial charge is 0.341 e. The van der Waals surface area contributed by atoms with Gasteiger partial charge in [0.15, 0.2) is 0 Å². The Hall–Kier alpha value is -3.36. The molecule has 9 nitrogen and oxygen atoms in total. The number of hydrogen-bond donors (Lipinski definition) is 0. The number of benzene rings is 1. The van der Waals surface area contributed by atoms with Crippen LogP contribution in [0.2, 0.25) is 0 Å². The van der Waals surface area contributed by atoms with Gasteiger partial charge in [-0.25, -0.2) is 9.59 Å². The molecule has 0 bridgehead atoms. The van der Waals surface area contributed by atoms with Crippen LogP contribution in [0, 0.1) is 17.0 Å². The van der Waals surface area contributed by atoms with Crippen molar-refractivity contribution in [2.45, 2.75) is 13.5 Å². The number of anilines is 1. The van der Waals surface area contributed by atoms with Gasteiger partial charge in [-0.3, -0.25) is 10.1 Å². The molecule has 0 atom stereocenters. The molecular formula is C17H18N2O7. The summed E-state index contributed by atoms with van der Waals surface area (Å²) in [6, 6.07) is 5.37. The molecule has 0 unspecified atom stereocenters. The molecule has 138 valence electrons. The number of ether oxygens (including phenoxy) is 2. The van der Waals surface area contributed by atoms with Gasteiger partial charge in [-0.2, -0.15) is 0 Å². The second-order valence-corrected chi connectivity index (χ2v) is 5.60. The summed E-state index contributed by atoms with van der Waals surface area (Å²) in [5.74, 6) is -0.705. The maximum atomic E-state index is 12.4. The minimum Gasteiger partial charge on any atom is -0.465 e. The van der Waals surface area contributed by atoms with E-state index in [1.165, 1.54) is 25.3 Å². The molecule has 0 spiro atoms. The van der Waals surface area contributed by atoms with Crippen LogP contribution in [0.3, 0.4) is 0 Å². The van der Waals surface area contributed by atoms with Crippen molar-refractivity contribution in [3.8, 4) is 0 Å². The van der Waals surface area contributed by atoms with Gasteiger partial charge in [-0.15, -0.1) is 0 Å². The number of carbonyl (C=O) groups is 2. The van der Waals surface area contributed by atoms with Crippen LogP contribution in [0.4, 0.5) is 11.4 Å². The number of esters is 2. The summed E-state index contributed by atoms with van der Waals surface area (Å²) in [6.45, 7) is 1.36. The van der Waals surface area contributed by atoms with Crippen LogP contribution in [0.15, 0.2) is 28.7 Å². The van der Waals surface area contributed by atoms with Crippen LogP contribution < -0.4 is 4.90 Å². The molecule has 0 radical (unpaired) electrons. The van der Waals surface area contributed by atoms with E-state index >= 15 is 0 Å². The van der Waals surface area contributed by atoms with Crippen molar-refractivity contribution in [1.82, 2.24) is 0 Å². The quantitative estimate of drug-likeness (QED) is 0.438. The highest BCUT2D eigenvalue weighted by Crippen LogP contribution is 2.25. The predicted molar refractivity (Wildman–Crippen MR) is 91.3 cm³/mol. The summed E-state index contributed by atoms with van der Waals surface area (Å²) in [5.41, 5.74) is 0.555. The van der Waals surface area contributed by atoms with E-state index in [9.17, 15) is 19.7 Å². The van der Waals surface area contributed by atoms with E-state index in [0.29, 0.717) is 11.4 Å². The van der Waals surface area contributed by atoms with E-state index in [1.54, 1.807) is 25.9 Å². The molecule has 1 aromatic heterocycles. The highest BCUT2D eigenvalue weighted by Gasteiger charge is 2.21. The van der Waals surface area contributed by atoms with Crippen molar-refractivity contribution in [3.05, 3.63) is 57.0 Å². The molecule has 0 aliphatic rings.